The van der Waals surface area contributed by atoms with E-state index in [1.54, 1.807) is 26.1 Å². The maximum Gasteiger partial charge on any atom is 0.240 e. The number of benzene rings is 1. The average molecular weight is 429 g/mol. The smallest absolute Gasteiger partial charge is 0.240 e. The molecule has 1 N–H and O–H groups in total. The molecule has 10 heteroatoms. The zero-order valence-electron chi connectivity index (χ0n) is 17.2. The lowest BCUT2D eigenvalue weighted by molar-refractivity contribution is 0.319. The summed E-state index contributed by atoms with van der Waals surface area (Å²) in [5.74, 6) is 1.42. The summed E-state index contributed by atoms with van der Waals surface area (Å²) in [6, 6.07) is 9.79. The first-order valence-corrected chi connectivity index (χ1v) is 11.1. The van der Waals surface area contributed by atoms with E-state index in [-0.39, 0.29) is 11.6 Å². The van der Waals surface area contributed by atoms with E-state index >= 15 is 0 Å². The van der Waals surface area contributed by atoms with Crippen LogP contribution in [0.5, 0.6) is 0 Å². The molecule has 0 saturated carbocycles. The molecule has 0 spiro atoms. The number of hydrogen-bond donors (Lipinski definition) is 1. The number of rotatable bonds is 5. The molecule has 3 aromatic rings. The molecule has 9 nitrogen and oxygen atoms in total. The van der Waals surface area contributed by atoms with Crippen molar-refractivity contribution in [1.82, 2.24) is 19.4 Å². The molecule has 1 aliphatic rings. The average Bonchev–Trinajstić information content (AvgIpc) is 3.09. The van der Waals surface area contributed by atoms with E-state index in [2.05, 4.69) is 20.4 Å². The highest BCUT2D eigenvalue weighted by molar-refractivity contribution is 7.95. The highest BCUT2D eigenvalue weighted by Gasteiger charge is 2.39. The topological polar surface area (TPSA) is 110 Å². The Morgan fingerprint density at radius 2 is 1.90 bits per heavy atom. The summed E-state index contributed by atoms with van der Waals surface area (Å²) >= 11 is 0. The predicted octanol–water partition coefficient (Wildman–Crippen LogP) is 3.21. The van der Waals surface area contributed by atoms with E-state index in [0.717, 1.165) is 5.69 Å². The second kappa shape index (κ2) is 8.13. The van der Waals surface area contributed by atoms with Crippen molar-refractivity contribution < 1.29 is 13.3 Å². The molecule has 1 saturated heterocycles. The molecule has 1 fully saturated rings. The van der Waals surface area contributed by atoms with Crippen LogP contribution in [-0.4, -0.2) is 43.7 Å². The highest BCUT2D eigenvalue weighted by Crippen LogP contribution is 2.30. The second-order valence-electron chi connectivity index (χ2n) is 7.33. The van der Waals surface area contributed by atoms with Gasteiger partial charge in [-0.3, -0.25) is 0 Å². The van der Waals surface area contributed by atoms with Crippen molar-refractivity contribution in [3.05, 3.63) is 53.5 Å². The molecule has 0 radical (unpaired) electrons. The Kier molecular flexibility index (Phi) is 5.54. The minimum atomic E-state index is -3.72. The monoisotopic (exact) mass is 428 g/mol. The maximum atomic E-state index is 13.1. The number of nitrogens with one attached hydrogen (secondary N) is 1. The molecule has 1 aliphatic heterocycles. The van der Waals surface area contributed by atoms with Crippen molar-refractivity contribution in [3.8, 4) is 0 Å². The highest BCUT2D eigenvalue weighted by atomic mass is 32.3. The van der Waals surface area contributed by atoms with E-state index in [1.165, 1.54) is 9.87 Å². The molecule has 158 valence electrons. The number of hydrogen-bond acceptors (Lipinski definition) is 8. The molecule has 2 aromatic heterocycles. The minimum Gasteiger partial charge on any atom is -0.593 e. The second-order valence-corrected chi connectivity index (χ2v) is 9.20. The fraction of sp³-hybridized carbons (Fsp3) is 0.350. The van der Waals surface area contributed by atoms with Gasteiger partial charge in [0.25, 0.3) is 0 Å². The Bertz CT molecular complexity index is 1060. The maximum absolute atomic E-state index is 13.1. The van der Waals surface area contributed by atoms with Gasteiger partial charge in [0.05, 0.1) is 0 Å². The summed E-state index contributed by atoms with van der Waals surface area (Å²) in [7, 11) is -3.72. The van der Waals surface area contributed by atoms with E-state index in [0.29, 0.717) is 42.7 Å². The normalized spacial score (nSPS) is 17.0. The van der Waals surface area contributed by atoms with Crippen LogP contribution in [0.2, 0.25) is 0 Å². The molecule has 3 heterocycles. The molecule has 0 aliphatic carbocycles. The third-order valence-corrected chi connectivity index (χ3v) is 7.06. The Hall–Kier alpha value is -2.82. The number of sulfonamides is 1. The molecular weight excluding hydrogens is 404 g/mol. The molecule has 4 rings (SSSR count). The quantitative estimate of drug-likeness (QED) is 0.617. The summed E-state index contributed by atoms with van der Waals surface area (Å²) in [5, 5.41) is 7.04. The third kappa shape index (κ3) is 4.07. The van der Waals surface area contributed by atoms with Crippen LogP contribution in [0.1, 0.15) is 23.4 Å². The lowest BCUT2D eigenvalue weighted by atomic mass is 10.2. The number of anilines is 3. The fourth-order valence-corrected chi connectivity index (χ4v) is 5.19. The standard InChI is InChI=1S/C20H24N6O3S/c1-14-5-7-17(8-6-14)22-18-9-10-21-20(23-18)25-11-4-12-26(13-25)30(27,28)19-15(2)24-29-16(19)3/h5-10H,4,11-13H2,1-3H3,(H-,21,22,23,27,28). The summed E-state index contributed by atoms with van der Waals surface area (Å²) < 4.78 is 32.8. The Morgan fingerprint density at radius 3 is 2.60 bits per heavy atom. The first-order chi connectivity index (χ1) is 14.3. The van der Waals surface area contributed by atoms with Gasteiger partial charge in [0, 0.05) is 31.9 Å². The van der Waals surface area contributed by atoms with Crippen LogP contribution in [-0.2, 0) is 14.6 Å². The first-order valence-electron chi connectivity index (χ1n) is 9.69. The van der Waals surface area contributed by atoms with E-state index < -0.39 is 10.4 Å². The molecule has 30 heavy (non-hydrogen) atoms. The van der Waals surface area contributed by atoms with E-state index in [9.17, 15) is 8.76 Å². The van der Waals surface area contributed by atoms with Gasteiger partial charge in [-0.25, -0.2) is 4.98 Å². The van der Waals surface area contributed by atoms with Crippen molar-refractivity contribution in [3.63, 3.8) is 0 Å². The van der Waals surface area contributed by atoms with Crippen LogP contribution in [0.3, 0.4) is 0 Å². The summed E-state index contributed by atoms with van der Waals surface area (Å²) in [6.07, 6.45) is 2.34. The minimum absolute atomic E-state index is 0.139. The fourth-order valence-electron chi connectivity index (χ4n) is 3.46. The van der Waals surface area contributed by atoms with Crippen molar-refractivity contribution in [2.24, 2.45) is 0 Å². The van der Waals surface area contributed by atoms with Gasteiger partial charge in [-0.15, -0.1) is 4.31 Å². The largest absolute Gasteiger partial charge is 0.593 e. The van der Waals surface area contributed by atoms with Crippen molar-refractivity contribution in [2.45, 2.75) is 32.1 Å². The van der Waals surface area contributed by atoms with Crippen molar-refractivity contribution in [1.29, 1.82) is 0 Å². The van der Waals surface area contributed by atoms with Gasteiger partial charge in [-0.2, -0.15) is 4.98 Å². The number of aryl methyl sites for hydroxylation is 3. The first kappa shape index (κ1) is 20.5. The Balaban J connectivity index is 1.53. The lowest BCUT2D eigenvalue weighted by Crippen LogP contribution is -2.50. The van der Waals surface area contributed by atoms with Gasteiger partial charge < -0.3 is 19.3 Å². The lowest BCUT2D eigenvalue weighted by Gasteiger charge is -2.36. The number of aromatic nitrogens is 3. The van der Waals surface area contributed by atoms with Crippen molar-refractivity contribution >= 4 is 27.9 Å². The molecular formula is C20H24N6O3S. The van der Waals surface area contributed by atoms with Gasteiger partial charge in [0.1, 0.15) is 18.2 Å². The predicted molar refractivity (Wildman–Crippen MR) is 113 cm³/mol. The van der Waals surface area contributed by atoms with Crippen LogP contribution < -0.4 is 10.2 Å². The SMILES string of the molecule is Cc1ccc(Nc2ccnc(N3CCCN([S+](=O)([O-])c4c(C)noc4C)C3)n2)cc1. The molecule has 1 atom stereocenters. The van der Waals surface area contributed by atoms with Gasteiger partial charge in [-0.1, -0.05) is 27.1 Å². The van der Waals surface area contributed by atoms with Gasteiger partial charge >= 0.3 is 0 Å². The van der Waals surface area contributed by atoms with E-state index in [1.807, 2.05) is 36.1 Å². The summed E-state index contributed by atoms with van der Waals surface area (Å²) in [5.41, 5.74) is 2.47. The Labute approximate surface area is 176 Å². The molecule has 0 bridgehead atoms. The summed E-state index contributed by atoms with van der Waals surface area (Å²) in [6.45, 7) is 6.53. The van der Waals surface area contributed by atoms with E-state index in [4.69, 9.17) is 4.52 Å². The van der Waals surface area contributed by atoms with Gasteiger partial charge in [0.15, 0.2) is 16.2 Å². The molecule has 0 amide bonds. The van der Waals surface area contributed by atoms with Gasteiger partial charge in [0.2, 0.25) is 10.8 Å². The third-order valence-electron chi connectivity index (χ3n) is 4.98. The van der Waals surface area contributed by atoms with Crippen molar-refractivity contribution in [2.75, 3.05) is 30.0 Å². The summed E-state index contributed by atoms with van der Waals surface area (Å²) in [4.78, 5) is 10.9. The van der Waals surface area contributed by atoms with Crippen LogP contribution in [0.25, 0.3) is 0 Å². The van der Waals surface area contributed by atoms with Crippen LogP contribution in [0.15, 0.2) is 45.9 Å². The zero-order chi connectivity index (χ0) is 21.3. The molecule has 1 unspecified atom stereocenters. The van der Waals surface area contributed by atoms with Crippen LogP contribution >= 0.6 is 0 Å². The van der Waals surface area contributed by atoms with Gasteiger partial charge in [-0.05, 0) is 38.5 Å². The zero-order valence-corrected chi connectivity index (χ0v) is 18.0. The number of nitrogens with zero attached hydrogens (tertiary/aromatic N) is 5. The van der Waals surface area contributed by atoms with Crippen LogP contribution in [0, 0.1) is 20.8 Å². The molecule has 1 aromatic carbocycles. The van der Waals surface area contributed by atoms with Crippen LogP contribution in [0.4, 0.5) is 17.5 Å². The Morgan fingerprint density at radius 1 is 1.13 bits per heavy atom.